The molecule has 1 fully saturated rings. The summed E-state index contributed by atoms with van der Waals surface area (Å²) in [6, 6.07) is 23.5. The fourth-order valence-electron chi connectivity index (χ4n) is 4.60. The van der Waals surface area contributed by atoms with Gasteiger partial charge in [-0.15, -0.1) is 0 Å². The minimum Gasteiger partial charge on any atom is -0.346 e. The van der Waals surface area contributed by atoms with E-state index in [1.54, 1.807) is 4.68 Å². The van der Waals surface area contributed by atoms with Gasteiger partial charge in [0.15, 0.2) is 5.69 Å². The summed E-state index contributed by atoms with van der Waals surface area (Å²) in [5.41, 5.74) is 5.14. The fraction of sp³-hybridized carbons (Fsp3) is 0.222. The summed E-state index contributed by atoms with van der Waals surface area (Å²) in [5, 5.41) is 8.32. The highest BCUT2D eigenvalue weighted by molar-refractivity contribution is 6.05. The van der Waals surface area contributed by atoms with Crippen LogP contribution in [0.15, 0.2) is 72.8 Å². The van der Waals surface area contributed by atoms with Crippen LogP contribution in [0.3, 0.4) is 0 Å². The number of aromatic nitrogens is 2. The number of para-hydroxylation sites is 1. The van der Waals surface area contributed by atoms with E-state index >= 15 is 0 Å². The third-order valence-corrected chi connectivity index (χ3v) is 6.27. The number of rotatable bonds is 4. The molecule has 33 heavy (non-hydrogen) atoms. The third-order valence-electron chi connectivity index (χ3n) is 6.27. The average Bonchev–Trinajstić information content (AvgIpc) is 3.43. The number of carbonyl (C=O) groups excluding carboxylic acids is 2. The second-order valence-corrected chi connectivity index (χ2v) is 8.61. The zero-order valence-corrected chi connectivity index (χ0v) is 18.8. The average molecular weight is 439 g/mol. The monoisotopic (exact) mass is 438 g/mol. The summed E-state index contributed by atoms with van der Waals surface area (Å²) in [6.07, 6.45) is 0.717. The molecule has 1 aliphatic heterocycles. The highest BCUT2D eigenvalue weighted by Gasteiger charge is 2.30. The molecule has 5 rings (SSSR count). The number of likely N-dealkylation sites (tertiary alicyclic amines) is 1. The summed E-state index contributed by atoms with van der Waals surface area (Å²) in [7, 11) is 1.83. The molecule has 0 radical (unpaired) electrons. The molecule has 1 saturated heterocycles. The summed E-state index contributed by atoms with van der Waals surface area (Å²) in [6.45, 7) is 3.14. The van der Waals surface area contributed by atoms with Crippen molar-refractivity contribution in [3.63, 3.8) is 0 Å². The van der Waals surface area contributed by atoms with Crippen LogP contribution in [0.25, 0.3) is 22.0 Å². The van der Waals surface area contributed by atoms with E-state index in [0.29, 0.717) is 24.3 Å². The Balaban J connectivity index is 1.32. The maximum absolute atomic E-state index is 13.4. The van der Waals surface area contributed by atoms with Crippen LogP contribution in [0, 0.1) is 6.92 Å². The van der Waals surface area contributed by atoms with Crippen LogP contribution in [0.2, 0.25) is 0 Å². The first-order chi connectivity index (χ1) is 16.0. The molecular formula is C27H26N4O2. The number of fused-ring (bicyclic) bond motifs is 1. The first kappa shape index (κ1) is 20.9. The fourth-order valence-corrected chi connectivity index (χ4v) is 4.60. The second-order valence-electron chi connectivity index (χ2n) is 8.61. The lowest BCUT2D eigenvalue weighted by Gasteiger charge is -2.19. The molecule has 2 amide bonds. The second kappa shape index (κ2) is 8.54. The molecule has 0 spiro atoms. The van der Waals surface area contributed by atoms with Gasteiger partial charge in [0, 0.05) is 37.1 Å². The Morgan fingerprint density at radius 2 is 1.79 bits per heavy atom. The predicted octanol–water partition coefficient (Wildman–Crippen LogP) is 4.19. The zero-order valence-electron chi connectivity index (χ0n) is 18.8. The van der Waals surface area contributed by atoms with Gasteiger partial charge in [-0.2, -0.15) is 5.10 Å². The van der Waals surface area contributed by atoms with Crippen molar-refractivity contribution in [3.8, 4) is 11.1 Å². The van der Waals surface area contributed by atoms with Gasteiger partial charge in [-0.05, 0) is 36.6 Å². The number of amides is 2. The molecule has 4 aromatic rings. The number of carbonyl (C=O) groups is 2. The van der Waals surface area contributed by atoms with E-state index in [1.807, 2.05) is 85.6 Å². The van der Waals surface area contributed by atoms with Crippen molar-refractivity contribution >= 4 is 22.7 Å². The van der Waals surface area contributed by atoms with E-state index in [2.05, 4.69) is 16.5 Å². The molecule has 3 aromatic carbocycles. The summed E-state index contributed by atoms with van der Waals surface area (Å²) in [5.74, 6) is -0.210. The van der Waals surface area contributed by atoms with Crippen LogP contribution in [-0.4, -0.2) is 45.6 Å². The van der Waals surface area contributed by atoms with Gasteiger partial charge in [0.05, 0.1) is 5.52 Å². The van der Waals surface area contributed by atoms with E-state index in [9.17, 15) is 9.59 Å². The number of aryl methyl sites for hydroxylation is 2. The normalized spacial score (nSPS) is 15.7. The minimum atomic E-state index is -0.203. The lowest BCUT2D eigenvalue weighted by atomic mass is 9.97. The van der Waals surface area contributed by atoms with E-state index in [1.165, 1.54) is 0 Å². The molecule has 0 aliphatic carbocycles. The maximum atomic E-state index is 13.4. The van der Waals surface area contributed by atoms with Crippen molar-refractivity contribution in [2.45, 2.75) is 19.4 Å². The smallest absolute Gasteiger partial charge is 0.272 e. The lowest BCUT2D eigenvalue weighted by Crippen LogP contribution is -2.38. The molecule has 2 heterocycles. The van der Waals surface area contributed by atoms with E-state index < -0.39 is 0 Å². The van der Waals surface area contributed by atoms with Crippen LogP contribution >= 0.6 is 0 Å². The van der Waals surface area contributed by atoms with Crippen molar-refractivity contribution in [1.29, 1.82) is 0 Å². The van der Waals surface area contributed by atoms with Crippen LogP contribution < -0.4 is 5.32 Å². The SMILES string of the molecule is Cc1cccc(-c2ccccc2C(=O)N2CC[C@@H](NC(=O)c3nn(C)c4ccccc34)C2)c1. The first-order valence-corrected chi connectivity index (χ1v) is 11.2. The summed E-state index contributed by atoms with van der Waals surface area (Å²) >= 11 is 0. The van der Waals surface area contributed by atoms with Crippen LogP contribution in [-0.2, 0) is 7.05 Å². The van der Waals surface area contributed by atoms with Crippen molar-refractivity contribution in [1.82, 2.24) is 20.0 Å². The number of nitrogens with one attached hydrogen (secondary N) is 1. The molecule has 0 bridgehead atoms. The Labute approximate surface area is 192 Å². The first-order valence-electron chi connectivity index (χ1n) is 11.2. The van der Waals surface area contributed by atoms with Crippen molar-refractivity contribution in [3.05, 3.63) is 89.6 Å². The third kappa shape index (κ3) is 4.00. The topological polar surface area (TPSA) is 67.2 Å². The number of hydrogen-bond acceptors (Lipinski definition) is 3. The van der Waals surface area contributed by atoms with E-state index in [-0.39, 0.29) is 17.9 Å². The number of hydrogen-bond donors (Lipinski definition) is 1. The molecule has 1 N–H and O–H groups in total. The van der Waals surface area contributed by atoms with Crippen LogP contribution in [0.5, 0.6) is 0 Å². The Hall–Kier alpha value is -3.93. The van der Waals surface area contributed by atoms with Gasteiger partial charge in [-0.1, -0.05) is 66.2 Å². The lowest BCUT2D eigenvalue weighted by molar-refractivity contribution is 0.0783. The van der Waals surface area contributed by atoms with Crippen LogP contribution in [0.4, 0.5) is 0 Å². The van der Waals surface area contributed by atoms with Crippen molar-refractivity contribution < 1.29 is 9.59 Å². The quantitative estimate of drug-likeness (QED) is 0.519. The molecule has 166 valence electrons. The molecular weight excluding hydrogens is 412 g/mol. The number of nitrogens with zero attached hydrogens (tertiary/aromatic N) is 3. The van der Waals surface area contributed by atoms with E-state index in [4.69, 9.17) is 0 Å². The van der Waals surface area contributed by atoms with Gasteiger partial charge < -0.3 is 10.2 Å². The van der Waals surface area contributed by atoms with Gasteiger partial charge >= 0.3 is 0 Å². The molecule has 1 aliphatic rings. The molecule has 1 aromatic heterocycles. The predicted molar refractivity (Wildman–Crippen MR) is 129 cm³/mol. The molecule has 1 atom stereocenters. The molecule has 6 heteroatoms. The van der Waals surface area contributed by atoms with Gasteiger partial charge in [0.25, 0.3) is 11.8 Å². The van der Waals surface area contributed by atoms with Gasteiger partial charge in [-0.3, -0.25) is 14.3 Å². The Morgan fingerprint density at radius 1 is 1.00 bits per heavy atom. The van der Waals surface area contributed by atoms with Gasteiger partial charge in [0.1, 0.15) is 0 Å². The minimum absolute atomic E-state index is 0.00728. The largest absolute Gasteiger partial charge is 0.346 e. The Morgan fingerprint density at radius 3 is 2.64 bits per heavy atom. The zero-order chi connectivity index (χ0) is 22.9. The Bertz CT molecular complexity index is 1360. The Kier molecular flexibility index (Phi) is 5.42. The standard InChI is InChI=1S/C27H26N4O2/c1-18-8-7-9-19(16-18)21-10-3-4-11-22(21)27(33)31-15-14-20(17-31)28-26(32)25-23-12-5-6-13-24(23)30(2)29-25/h3-13,16,20H,14-15,17H2,1-2H3,(H,28,32)/t20-/m1/s1. The maximum Gasteiger partial charge on any atom is 0.272 e. The molecule has 0 saturated carbocycles. The van der Waals surface area contributed by atoms with Gasteiger partial charge in [0.2, 0.25) is 0 Å². The highest BCUT2D eigenvalue weighted by Crippen LogP contribution is 2.27. The molecule has 0 unspecified atom stereocenters. The number of benzene rings is 3. The van der Waals surface area contributed by atoms with Crippen molar-refractivity contribution in [2.24, 2.45) is 7.05 Å². The molecule has 6 nitrogen and oxygen atoms in total. The van der Waals surface area contributed by atoms with Crippen LogP contribution in [0.1, 0.15) is 32.8 Å². The highest BCUT2D eigenvalue weighted by atomic mass is 16.2. The summed E-state index contributed by atoms with van der Waals surface area (Å²) < 4.78 is 1.72. The van der Waals surface area contributed by atoms with Crippen molar-refractivity contribution in [2.75, 3.05) is 13.1 Å². The van der Waals surface area contributed by atoms with Gasteiger partial charge in [-0.25, -0.2) is 0 Å². The summed E-state index contributed by atoms with van der Waals surface area (Å²) in [4.78, 5) is 28.2. The van der Waals surface area contributed by atoms with E-state index in [0.717, 1.165) is 34.0 Å².